The number of carboxylic acid groups (broad SMARTS) is 1. The van der Waals surface area contributed by atoms with E-state index in [2.05, 4.69) is 26.7 Å². The minimum Gasteiger partial charge on any atom is -0.465 e. The number of fused-ring (bicyclic) bond motifs is 1. The lowest BCUT2D eigenvalue weighted by Gasteiger charge is -2.36. The normalized spacial score (nSPS) is 18.1. The molecule has 4 rings (SSSR count). The highest BCUT2D eigenvalue weighted by Gasteiger charge is 2.36. The number of halogens is 1. The van der Waals surface area contributed by atoms with E-state index in [4.69, 9.17) is 5.11 Å². The topological polar surface area (TPSA) is 110 Å². The van der Waals surface area contributed by atoms with Gasteiger partial charge in [-0.2, -0.15) is 0 Å². The molecule has 2 aromatic heterocycles. The summed E-state index contributed by atoms with van der Waals surface area (Å²) in [6.45, 7) is 1.46. The molecule has 2 amide bonds. The predicted octanol–water partition coefficient (Wildman–Crippen LogP) is 3.87. The van der Waals surface area contributed by atoms with Crippen molar-refractivity contribution < 1.29 is 19.1 Å². The quantitative estimate of drug-likeness (QED) is 0.347. The minimum atomic E-state index is -1.46. The van der Waals surface area contributed by atoms with E-state index in [1.165, 1.54) is 4.90 Å². The van der Waals surface area contributed by atoms with E-state index >= 15 is 4.39 Å². The van der Waals surface area contributed by atoms with Crippen LogP contribution in [-0.2, 0) is 13.0 Å². The van der Waals surface area contributed by atoms with E-state index in [1.54, 1.807) is 13.1 Å². The summed E-state index contributed by atoms with van der Waals surface area (Å²) in [7, 11) is 1.58. The number of nitrogens with one attached hydrogen (secondary N) is 3. The number of carbonyl (C=O) groups is 2. The van der Waals surface area contributed by atoms with Gasteiger partial charge in [0.25, 0.3) is 5.91 Å². The maximum atomic E-state index is 15.1. The summed E-state index contributed by atoms with van der Waals surface area (Å²) in [6.07, 6.45) is 3.31. The summed E-state index contributed by atoms with van der Waals surface area (Å²) in [5.41, 5.74) is 2.81. The number of hydrogen-bond donors (Lipinski definition) is 4. The Morgan fingerprint density at radius 2 is 2.14 bits per heavy atom. The molecular formula is C26H32FN5O3. The largest absolute Gasteiger partial charge is 0.465 e. The standard InChI is InChI=1S/C26H32FN5O3/c1-28-24(33)23-14-18(13-20(31-23)15-19-5-2-6-22-21(19)7-11-30-22)16-29-10-3-8-26(27)9-4-12-32(17-26)25(34)35/h2,5-7,11,13-14,29-30H,3-4,8-10,12,15-17H2,1H3,(H,28,33)(H,34,35). The first-order chi connectivity index (χ1) is 16.9. The van der Waals surface area contributed by atoms with E-state index in [-0.39, 0.29) is 12.5 Å². The zero-order valence-electron chi connectivity index (χ0n) is 19.9. The summed E-state index contributed by atoms with van der Waals surface area (Å²) < 4.78 is 15.1. The van der Waals surface area contributed by atoms with Crippen LogP contribution in [0.4, 0.5) is 9.18 Å². The molecule has 35 heavy (non-hydrogen) atoms. The van der Waals surface area contributed by atoms with Crippen LogP contribution >= 0.6 is 0 Å². The third-order valence-electron chi connectivity index (χ3n) is 6.56. The van der Waals surface area contributed by atoms with E-state index in [1.807, 2.05) is 30.5 Å². The van der Waals surface area contributed by atoms with Gasteiger partial charge in [0.15, 0.2) is 0 Å². The van der Waals surface area contributed by atoms with Crippen molar-refractivity contribution in [1.82, 2.24) is 25.5 Å². The SMILES string of the molecule is CNC(=O)c1cc(CNCCCC2(F)CCCN(C(=O)O)C2)cc(Cc2cccc3[nH]ccc23)n1. The first kappa shape index (κ1) is 24.7. The lowest BCUT2D eigenvalue weighted by atomic mass is 9.90. The Balaban J connectivity index is 1.38. The zero-order chi connectivity index (χ0) is 24.8. The molecule has 1 fully saturated rings. The van der Waals surface area contributed by atoms with E-state index in [9.17, 15) is 9.59 Å². The minimum absolute atomic E-state index is 0.0561. The molecule has 1 aliphatic rings. The Morgan fingerprint density at radius 3 is 2.94 bits per heavy atom. The molecule has 8 nitrogen and oxygen atoms in total. The van der Waals surface area contributed by atoms with Crippen molar-refractivity contribution in [3.05, 3.63) is 65.1 Å². The summed E-state index contributed by atoms with van der Waals surface area (Å²) in [6, 6.07) is 11.9. The molecule has 0 bridgehead atoms. The number of aromatic amines is 1. The van der Waals surface area contributed by atoms with Crippen LogP contribution in [0, 0.1) is 0 Å². The number of aromatic nitrogens is 2. The Bertz CT molecular complexity index is 1200. The number of pyridine rings is 1. The predicted molar refractivity (Wildman–Crippen MR) is 132 cm³/mol. The maximum absolute atomic E-state index is 15.1. The molecule has 1 saturated heterocycles. The monoisotopic (exact) mass is 481 g/mol. The number of likely N-dealkylation sites (tertiary alicyclic amines) is 1. The van der Waals surface area contributed by atoms with Crippen molar-refractivity contribution in [3.8, 4) is 0 Å². The number of nitrogens with zero attached hydrogens (tertiary/aromatic N) is 2. The molecule has 3 heterocycles. The number of H-pyrrole nitrogens is 1. The fourth-order valence-electron chi connectivity index (χ4n) is 4.80. The molecule has 1 atom stereocenters. The van der Waals surface area contributed by atoms with Crippen LogP contribution in [0.1, 0.15) is 53.0 Å². The van der Waals surface area contributed by atoms with Gasteiger partial charge in [-0.1, -0.05) is 12.1 Å². The van der Waals surface area contributed by atoms with Gasteiger partial charge in [-0.15, -0.1) is 0 Å². The van der Waals surface area contributed by atoms with Gasteiger partial charge < -0.3 is 25.6 Å². The highest BCUT2D eigenvalue weighted by molar-refractivity contribution is 5.92. The van der Waals surface area contributed by atoms with Gasteiger partial charge in [0, 0.05) is 49.4 Å². The van der Waals surface area contributed by atoms with Crippen molar-refractivity contribution in [2.45, 2.75) is 44.3 Å². The molecular weight excluding hydrogens is 449 g/mol. The molecule has 186 valence electrons. The summed E-state index contributed by atoms with van der Waals surface area (Å²) >= 11 is 0. The Morgan fingerprint density at radius 1 is 1.29 bits per heavy atom. The first-order valence-electron chi connectivity index (χ1n) is 12.0. The van der Waals surface area contributed by atoms with Gasteiger partial charge in [0.1, 0.15) is 11.4 Å². The molecule has 0 spiro atoms. The first-order valence-corrected chi connectivity index (χ1v) is 12.0. The fourth-order valence-corrected chi connectivity index (χ4v) is 4.80. The molecule has 0 saturated carbocycles. The number of hydrogen-bond acceptors (Lipinski definition) is 4. The number of alkyl halides is 1. The van der Waals surface area contributed by atoms with Crippen molar-refractivity contribution in [2.75, 3.05) is 26.7 Å². The second-order valence-electron chi connectivity index (χ2n) is 9.20. The third-order valence-corrected chi connectivity index (χ3v) is 6.56. The Hall–Kier alpha value is -3.46. The summed E-state index contributed by atoms with van der Waals surface area (Å²) in [4.78, 5) is 32.5. The van der Waals surface area contributed by atoms with E-state index in [0.717, 1.165) is 27.7 Å². The van der Waals surface area contributed by atoms with Crippen LogP contribution in [0.2, 0.25) is 0 Å². The number of piperidine rings is 1. The average Bonchev–Trinajstić information content (AvgIpc) is 3.33. The molecule has 1 unspecified atom stereocenters. The fraction of sp³-hybridized carbons (Fsp3) is 0.423. The number of amides is 2. The van der Waals surface area contributed by atoms with Crippen LogP contribution < -0.4 is 10.6 Å². The zero-order valence-corrected chi connectivity index (χ0v) is 19.9. The third kappa shape index (κ3) is 6.16. The highest BCUT2D eigenvalue weighted by atomic mass is 19.1. The van der Waals surface area contributed by atoms with Gasteiger partial charge in [0.05, 0.1) is 6.54 Å². The summed E-state index contributed by atoms with van der Waals surface area (Å²) in [5, 5.41) is 16.3. The van der Waals surface area contributed by atoms with Crippen molar-refractivity contribution in [2.24, 2.45) is 0 Å². The molecule has 0 aliphatic carbocycles. The van der Waals surface area contributed by atoms with E-state index in [0.29, 0.717) is 57.4 Å². The van der Waals surface area contributed by atoms with Gasteiger partial charge in [-0.05, 0) is 67.6 Å². The smallest absolute Gasteiger partial charge is 0.407 e. The number of benzene rings is 1. The van der Waals surface area contributed by atoms with E-state index < -0.39 is 11.8 Å². The molecule has 1 aliphatic heterocycles. The van der Waals surface area contributed by atoms with Crippen LogP contribution in [0.5, 0.6) is 0 Å². The Kier molecular flexibility index (Phi) is 7.65. The van der Waals surface area contributed by atoms with Gasteiger partial charge in [-0.3, -0.25) is 4.79 Å². The Labute approximate surface area is 203 Å². The van der Waals surface area contributed by atoms with Crippen LogP contribution in [0.3, 0.4) is 0 Å². The van der Waals surface area contributed by atoms with Gasteiger partial charge in [0.2, 0.25) is 0 Å². The summed E-state index contributed by atoms with van der Waals surface area (Å²) in [5.74, 6) is -0.243. The maximum Gasteiger partial charge on any atom is 0.407 e. The van der Waals surface area contributed by atoms with Crippen molar-refractivity contribution in [1.29, 1.82) is 0 Å². The molecule has 4 N–H and O–H groups in total. The van der Waals surface area contributed by atoms with Crippen LogP contribution in [-0.4, -0.2) is 64.3 Å². The second kappa shape index (κ2) is 10.9. The molecule has 9 heteroatoms. The number of carbonyl (C=O) groups excluding carboxylic acids is 1. The second-order valence-corrected chi connectivity index (χ2v) is 9.20. The molecule has 3 aromatic rings. The average molecular weight is 482 g/mol. The number of rotatable bonds is 9. The van der Waals surface area contributed by atoms with Crippen molar-refractivity contribution >= 4 is 22.9 Å². The van der Waals surface area contributed by atoms with Crippen LogP contribution in [0.15, 0.2) is 42.6 Å². The van der Waals surface area contributed by atoms with Gasteiger partial charge >= 0.3 is 6.09 Å². The van der Waals surface area contributed by atoms with Crippen molar-refractivity contribution in [3.63, 3.8) is 0 Å². The van der Waals surface area contributed by atoms with Crippen LogP contribution in [0.25, 0.3) is 10.9 Å². The lowest BCUT2D eigenvalue weighted by molar-refractivity contribution is 0.0379. The highest BCUT2D eigenvalue weighted by Crippen LogP contribution is 2.30. The lowest BCUT2D eigenvalue weighted by Crippen LogP contribution is -2.47. The molecule has 0 radical (unpaired) electrons. The molecule has 1 aromatic carbocycles. The van der Waals surface area contributed by atoms with Gasteiger partial charge in [-0.25, -0.2) is 14.2 Å².